The Kier molecular flexibility index (Phi) is 3.03. The topological polar surface area (TPSA) is 79.8 Å². The number of nitriles is 1. The number of aromatic nitrogens is 1. The van der Waals surface area contributed by atoms with E-state index in [4.69, 9.17) is 5.26 Å². The molecule has 7 heteroatoms. The Morgan fingerprint density at radius 2 is 2.44 bits per heavy atom. The van der Waals surface area contributed by atoms with E-state index in [1.54, 1.807) is 6.07 Å². The highest BCUT2D eigenvalue weighted by atomic mass is 32.2. The second-order valence-electron chi connectivity index (χ2n) is 2.84. The van der Waals surface area contributed by atoms with Gasteiger partial charge in [0.25, 0.3) is 5.69 Å². The van der Waals surface area contributed by atoms with Crippen molar-refractivity contribution in [3.05, 3.63) is 28.3 Å². The van der Waals surface area contributed by atoms with Gasteiger partial charge in [-0.3, -0.25) is 10.1 Å². The molecule has 5 nitrogen and oxygen atoms in total. The molecule has 1 heterocycles. The molecular formula is C9H5N3O2S2. The van der Waals surface area contributed by atoms with Crippen LogP contribution in [0.5, 0.6) is 0 Å². The summed E-state index contributed by atoms with van der Waals surface area (Å²) in [5, 5.41) is 19.0. The van der Waals surface area contributed by atoms with Crippen molar-refractivity contribution in [2.75, 3.05) is 5.75 Å². The number of hydrogen-bond donors (Lipinski definition) is 0. The number of nitro benzene ring substituents is 1. The van der Waals surface area contributed by atoms with Crippen LogP contribution in [0.25, 0.3) is 10.2 Å². The molecule has 1 aromatic heterocycles. The van der Waals surface area contributed by atoms with Gasteiger partial charge in [0, 0.05) is 12.1 Å². The maximum Gasteiger partial charge on any atom is 0.270 e. The van der Waals surface area contributed by atoms with Crippen LogP contribution in [0.2, 0.25) is 0 Å². The van der Waals surface area contributed by atoms with Crippen molar-refractivity contribution in [2.45, 2.75) is 4.34 Å². The molecule has 2 aromatic rings. The van der Waals surface area contributed by atoms with Gasteiger partial charge in [0.05, 0.1) is 27.0 Å². The van der Waals surface area contributed by atoms with Crippen molar-refractivity contribution in [1.82, 2.24) is 4.98 Å². The van der Waals surface area contributed by atoms with Crippen LogP contribution in [0.1, 0.15) is 0 Å². The van der Waals surface area contributed by atoms with Crippen LogP contribution in [0.15, 0.2) is 22.5 Å². The summed E-state index contributed by atoms with van der Waals surface area (Å²) < 4.78 is 1.53. The minimum absolute atomic E-state index is 0.0629. The van der Waals surface area contributed by atoms with Gasteiger partial charge in [-0.2, -0.15) is 5.26 Å². The number of benzene rings is 1. The third-order valence-electron chi connectivity index (χ3n) is 1.82. The number of rotatable bonds is 3. The summed E-state index contributed by atoms with van der Waals surface area (Å²) in [6.07, 6.45) is 0. The van der Waals surface area contributed by atoms with Gasteiger partial charge in [0.15, 0.2) is 4.34 Å². The minimum atomic E-state index is -0.429. The lowest BCUT2D eigenvalue weighted by Gasteiger charge is -1.88. The van der Waals surface area contributed by atoms with Gasteiger partial charge in [0.1, 0.15) is 0 Å². The maximum atomic E-state index is 10.6. The lowest BCUT2D eigenvalue weighted by atomic mass is 10.3. The van der Waals surface area contributed by atoms with Gasteiger partial charge >= 0.3 is 0 Å². The molecule has 0 aliphatic rings. The number of thiazole rings is 1. The molecule has 0 saturated carbocycles. The fraction of sp³-hybridized carbons (Fsp3) is 0.111. The lowest BCUT2D eigenvalue weighted by molar-refractivity contribution is -0.384. The van der Waals surface area contributed by atoms with Crippen LogP contribution in [-0.4, -0.2) is 15.7 Å². The molecule has 0 aliphatic heterocycles. The molecule has 0 bridgehead atoms. The van der Waals surface area contributed by atoms with Crippen LogP contribution in [0.4, 0.5) is 5.69 Å². The van der Waals surface area contributed by atoms with Gasteiger partial charge in [-0.25, -0.2) is 4.98 Å². The molecule has 0 unspecified atom stereocenters. The van der Waals surface area contributed by atoms with Gasteiger partial charge in [-0.15, -0.1) is 11.3 Å². The third-order valence-corrected chi connectivity index (χ3v) is 3.85. The number of non-ortho nitro benzene ring substituents is 1. The first-order chi connectivity index (χ1) is 7.70. The van der Waals surface area contributed by atoms with Crippen LogP contribution < -0.4 is 0 Å². The first-order valence-corrected chi connectivity index (χ1v) is 6.05. The Morgan fingerprint density at radius 1 is 1.62 bits per heavy atom. The van der Waals surface area contributed by atoms with Gasteiger partial charge in [-0.05, 0) is 6.07 Å². The van der Waals surface area contributed by atoms with E-state index in [1.165, 1.54) is 35.2 Å². The Hall–Kier alpha value is -1.65. The molecule has 0 spiro atoms. The lowest BCUT2D eigenvalue weighted by Crippen LogP contribution is -1.85. The molecule has 0 fully saturated rings. The molecule has 16 heavy (non-hydrogen) atoms. The summed E-state index contributed by atoms with van der Waals surface area (Å²) in [7, 11) is 0. The molecule has 0 saturated heterocycles. The standard InChI is InChI=1S/C9H5N3O2S2/c10-3-4-15-9-11-7-2-1-6(12(13)14)5-8(7)16-9/h1-2,5H,4H2. The second kappa shape index (κ2) is 4.47. The van der Waals surface area contributed by atoms with Gasteiger partial charge < -0.3 is 0 Å². The molecule has 1 aromatic carbocycles. The number of hydrogen-bond acceptors (Lipinski definition) is 6. The van der Waals surface area contributed by atoms with E-state index >= 15 is 0 Å². The Bertz CT molecular complexity index is 588. The summed E-state index contributed by atoms with van der Waals surface area (Å²) in [4.78, 5) is 14.4. The fourth-order valence-electron chi connectivity index (χ4n) is 1.16. The average Bonchev–Trinajstić information content (AvgIpc) is 2.67. The number of thioether (sulfide) groups is 1. The van der Waals surface area contributed by atoms with Gasteiger partial charge in [0.2, 0.25) is 0 Å². The molecular weight excluding hydrogens is 246 g/mol. The summed E-state index contributed by atoms with van der Waals surface area (Å²) in [6, 6.07) is 6.57. The molecule has 80 valence electrons. The third kappa shape index (κ3) is 2.13. The zero-order chi connectivity index (χ0) is 11.5. The van der Waals surface area contributed by atoms with E-state index < -0.39 is 4.92 Å². The van der Waals surface area contributed by atoms with E-state index in [2.05, 4.69) is 4.98 Å². The summed E-state index contributed by atoms with van der Waals surface area (Å²) in [6.45, 7) is 0. The first-order valence-electron chi connectivity index (χ1n) is 4.25. The van der Waals surface area contributed by atoms with E-state index in [0.29, 0.717) is 5.75 Å². The minimum Gasteiger partial charge on any atom is -0.258 e. The quantitative estimate of drug-likeness (QED) is 0.476. The predicted molar refractivity (Wildman–Crippen MR) is 62.6 cm³/mol. The van der Waals surface area contributed by atoms with Crippen LogP contribution >= 0.6 is 23.1 Å². The van der Waals surface area contributed by atoms with Crippen molar-refractivity contribution < 1.29 is 4.92 Å². The highest BCUT2D eigenvalue weighted by molar-refractivity contribution is 8.01. The largest absolute Gasteiger partial charge is 0.270 e. The molecule has 0 aliphatic carbocycles. The van der Waals surface area contributed by atoms with E-state index in [9.17, 15) is 10.1 Å². The number of nitro groups is 1. The Balaban J connectivity index is 2.39. The highest BCUT2D eigenvalue weighted by Crippen LogP contribution is 2.31. The normalized spacial score (nSPS) is 10.2. The molecule has 0 amide bonds. The summed E-state index contributed by atoms with van der Waals surface area (Å²) >= 11 is 2.70. The molecule has 0 atom stereocenters. The van der Waals surface area contributed by atoms with Crippen LogP contribution in [0.3, 0.4) is 0 Å². The zero-order valence-electron chi connectivity index (χ0n) is 7.91. The van der Waals surface area contributed by atoms with Crippen molar-refractivity contribution in [1.29, 1.82) is 5.26 Å². The number of nitrogens with zero attached hydrogens (tertiary/aromatic N) is 3. The van der Waals surface area contributed by atoms with Crippen molar-refractivity contribution in [3.63, 3.8) is 0 Å². The highest BCUT2D eigenvalue weighted by Gasteiger charge is 2.10. The van der Waals surface area contributed by atoms with Crippen LogP contribution in [0, 0.1) is 21.4 Å². The monoisotopic (exact) mass is 251 g/mol. The van der Waals surface area contributed by atoms with Gasteiger partial charge in [-0.1, -0.05) is 11.8 Å². The molecule has 0 N–H and O–H groups in total. The number of fused-ring (bicyclic) bond motifs is 1. The zero-order valence-corrected chi connectivity index (χ0v) is 9.55. The second-order valence-corrected chi connectivity index (χ2v) is 5.09. The van der Waals surface area contributed by atoms with E-state index in [-0.39, 0.29) is 5.69 Å². The van der Waals surface area contributed by atoms with Crippen molar-refractivity contribution >= 4 is 39.0 Å². The van der Waals surface area contributed by atoms with Crippen LogP contribution in [-0.2, 0) is 0 Å². The Labute approximate surface area is 98.9 Å². The summed E-state index contributed by atoms with van der Waals surface area (Å²) in [5.74, 6) is 0.335. The van der Waals surface area contributed by atoms with E-state index in [1.807, 2.05) is 6.07 Å². The van der Waals surface area contributed by atoms with Crippen molar-refractivity contribution in [2.24, 2.45) is 0 Å². The smallest absolute Gasteiger partial charge is 0.258 e. The maximum absolute atomic E-state index is 10.6. The first kappa shape index (κ1) is 10.9. The van der Waals surface area contributed by atoms with E-state index in [0.717, 1.165) is 14.6 Å². The Morgan fingerprint density at radius 3 is 3.12 bits per heavy atom. The van der Waals surface area contributed by atoms with Crippen molar-refractivity contribution in [3.8, 4) is 6.07 Å². The molecule has 2 rings (SSSR count). The summed E-state index contributed by atoms with van der Waals surface area (Å²) in [5.41, 5.74) is 0.795. The predicted octanol–water partition coefficient (Wildman–Crippen LogP) is 2.82. The average molecular weight is 251 g/mol. The SMILES string of the molecule is N#CCSc1nc2ccc([N+](=O)[O-])cc2s1. The molecule has 0 radical (unpaired) electrons. The fourth-order valence-corrected chi connectivity index (χ4v) is 2.92.